The number of benzene rings is 2. The summed E-state index contributed by atoms with van der Waals surface area (Å²) in [5.74, 6) is -0.0753. The van der Waals surface area contributed by atoms with Gasteiger partial charge in [0, 0.05) is 24.8 Å². The highest BCUT2D eigenvalue weighted by Gasteiger charge is 2.29. The molecule has 5 nitrogen and oxygen atoms in total. The zero-order valence-electron chi connectivity index (χ0n) is 15.7. The fraction of sp³-hybridized carbons (Fsp3) is 0.182. The highest BCUT2D eigenvalue weighted by atomic mass is 35.5. The third-order valence-electron chi connectivity index (χ3n) is 4.98. The van der Waals surface area contributed by atoms with Gasteiger partial charge in [-0.2, -0.15) is 0 Å². The Hall–Kier alpha value is -2.76. The van der Waals surface area contributed by atoms with Crippen LogP contribution >= 0.6 is 23.2 Å². The van der Waals surface area contributed by atoms with E-state index in [0.717, 1.165) is 16.8 Å². The van der Waals surface area contributed by atoms with Gasteiger partial charge < -0.3 is 14.2 Å². The molecule has 2 aromatic carbocycles. The van der Waals surface area contributed by atoms with Gasteiger partial charge in [0.1, 0.15) is 0 Å². The van der Waals surface area contributed by atoms with Crippen LogP contribution in [0.3, 0.4) is 0 Å². The first kappa shape index (κ1) is 19.6. The maximum Gasteiger partial charge on any atom is 0.289 e. The van der Waals surface area contributed by atoms with Crippen LogP contribution in [0, 0.1) is 0 Å². The van der Waals surface area contributed by atoms with Crippen molar-refractivity contribution in [2.24, 2.45) is 0 Å². The summed E-state index contributed by atoms with van der Waals surface area (Å²) in [6.07, 6.45) is 1.83. The molecule has 0 aliphatic carbocycles. The minimum Gasteiger partial charge on any atom is -0.459 e. The summed E-state index contributed by atoms with van der Waals surface area (Å²) in [4.78, 5) is 28.6. The number of furan rings is 1. The minimum atomic E-state index is -0.291. The predicted octanol–water partition coefficient (Wildman–Crippen LogP) is 4.95. The lowest BCUT2D eigenvalue weighted by molar-refractivity contribution is -0.117. The third-order valence-corrected chi connectivity index (χ3v) is 5.84. The van der Waals surface area contributed by atoms with Crippen LogP contribution in [0.5, 0.6) is 0 Å². The number of hydrogen-bond donors (Lipinski definition) is 0. The van der Waals surface area contributed by atoms with Gasteiger partial charge in [0.15, 0.2) is 5.76 Å². The first-order valence-corrected chi connectivity index (χ1v) is 9.84. The van der Waals surface area contributed by atoms with E-state index in [-0.39, 0.29) is 30.7 Å². The molecule has 0 saturated heterocycles. The average Bonchev–Trinajstić information content (AvgIpc) is 3.29. The first-order valence-electron chi connectivity index (χ1n) is 9.08. The van der Waals surface area contributed by atoms with Crippen LogP contribution in [0.1, 0.15) is 27.2 Å². The second-order valence-electron chi connectivity index (χ2n) is 6.93. The van der Waals surface area contributed by atoms with Crippen LogP contribution in [0.25, 0.3) is 0 Å². The molecule has 2 amide bonds. The Balaban J connectivity index is 1.54. The molecule has 4 rings (SSSR count). The molecule has 148 valence electrons. The summed E-state index contributed by atoms with van der Waals surface area (Å²) in [6.45, 7) is 0.559. The van der Waals surface area contributed by atoms with E-state index < -0.39 is 0 Å². The van der Waals surface area contributed by atoms with E-state index in [0.29, 0.717) is 22.0 Å². The number of halogens is 2. The van der Waals surface area contributed by atoms with Crippen molar-refractivity contribution in [3.63, 3.8) is 0 Å². The predicted molar refractivity (Wildman–Crippen MR) is 112 cm³/mol. The molecule has 0 saturated carbocycles. The van der Waals surface area contributed by atoms with Gasteiger partial charge in [-0.15, -0.1) is 0 Å². The number of rotatable bonds is 5. The summed E-state index contributed by atoms with van der Waals surface area (Å²) >= 11 is 12.3. The molecule has 1 aromatic heterocycles. The molecule has 0 fully saturated rings. The Morgan fingerprint density at radius 2 is 1.90 bits per heavy atom. The second kappa shape index (κ2) is 7.93. The average molecular weight is 429 g/mol. The van der Waals surface area contributed by atoms with Crippen molar-refractivity contribution in [3.05, 3.63) is 87.3 Å². The van der Waals surface area contributed by atoms with Gasteiger partial charge in [-0.25, -0.2) is 0 Å². The molecule has 29 heavy (non-hydrogen) atoms. The van der Waals surface area contributed by atoms with Crippen molar-refractivity contribution < 1.29 is 14.0 Å². The maximum absolute atomic E-state index is 13.0. The smallest absolute Gasteiger partial charge is 0.289 e. The fourth-order valence-electron chi connectivity index (χ4n) is 3.48. The molecular formula is C22H18Cl2N2O3. The molecule has 0 N–H and O–H groups in total. The van der Waals surface area contributed by atoms with Gasteiger partial charge in [-0.3, -0.25) is 9.59 Å². The Bertz CT molecular complexity index is 1090. The molecule has 0 bridgehead atoms. The van der Waals surface area contributed by atoms with E-state index >= 15 is 0 Å². The van der Waals surface area contributed by atoms with Gasteiger partial charge in [-0.1, -0.05) is 53.5 Å². The third kappa shape index (κ3) is 3.76. The number of amides is 2. The number of nitrogens with zero attached hydrogens (tertiary/aromatic N) is 2. The Kier molecular flexibility index (Phi) is 5.35. The standard InChI is InChI=1S/C22H18Cl2N2O3/c1-25(12-15-6-4-7-17(23)20(15)24)22(28)21-16(9-10-29-21)13-26-18-8-3-2-5-14(18)11-19(26)27/h2-10H,11-13H2,1H3. The number of carbonyl (C=O) groups excluding carboxylic acids is 2. The van der Waals surface area contributed by atoms with Crippen LogP contribution in [0.4, 0.5) is 5.69 Å². The van der Waals surface area contributed by atoms with E-state index in [2.05, 4.69) is 0 Å². The topological polar surface area (TPSA) is 53.8 Å². The number of carbonyl (C=O) groups is 2. The van der Waals surface area contributed by atoms with Gasteiger partial charge in [-0.05, 0) is 29.3 Å². The van der Waals surface area contributed by atoms with Crippen LogP contribution in [-0.4, -0.2) is 23.8 Å². The largest absolute Gasteiger partial charge is 0.459 e. The molecule has 1 aliphatic rings. The van der Waals surface area contributed by atoms with Crippen molar-refractivity contribution in [3.8, 4) is 0 Å². The minimum absolute atomic E-state index is 0.00450. The van der Waals surface area contributed by atoms with Crippen LogP contribution in [0.15, 0.2) is 59.2 Å². The van der Waals surface area contributed by atoms with Crippen molar-refractivity contribution in [2.75, 3.05) is 11.9 Å². The second-order valence-corrected chi connectivity index (χ2v) is 7.72. The lowest BCUT2D eigenvalue weighted by atomic mass is 10.1. The highest BCUT2D eigenvalue weighted by molar-refractivity contribution is 6.42. The Labute approximate surface area is 178 Å². The van der Waals surface area contributed by atoms with E-state index in [1.54, 1.807) is 30.1 Å². The zero-order chi connectivity index (χ0) is 20.5. The van der Waals surface area contributed by atoms with Crippen molar-refractivity contribution >= 4 is 40.7 Å². The van der Waals surface area contributed by atoms with Crippen LogP contribution < -0.4 is 4.90 Å². The van der Waals surface area contributed by atoms with Gasteiger partial charge in [0.05, 0.1) is 29.3 Å². The molecule has 3 aromatic rings. The summed E-state index contributed by atoms with van der Waals surface area (Å²) < 4.78 is 5.48. The molecule has 2 heterocycles. The zero-order valence-corrected chi connectivity index (χ0v) is 17.2. The van der Waals surface area contributed by atoms with Crippen molar-refractivity contribution in [2.45, 2.75) is 19.5 Å². The first-order chi connectivity index (χ1) is 14.0. The summed E-state index contributed by atoms with van der Waals surface area (Å²) in [5, 5.41) is 0.864. The number of para-hydroxylation sites is 1. The SMILES string of the molecule is CN(Cc1cccc(Cl)c1Cl)C(=O)c1occc1CN1C(=O)Cc2ccccc21. The van der Waals surface area contributed by atoms with Gasteiger partial charge in [0.2, 0.25) is 5.91 Å². The Morgan fingerprint density at radius 3 is 2.72 bits per heavy atom. The lowest BCUT2D eigenvalue weighted by Crippen LogP contribution is -2.29. The van der Waals surface area contributed by atoms with Crippen molar-refractivity contribution in [1.29, 1.82) is 0 Å². The van der Waals surface area contributed by atoms with E-state index in [4.69, 9.17) is 27.6 Å². The molecule has 0 spiro atoms. The molecular weight excluding hydrogens is 411 g/mol. The normalized spacial score (nSPS) is 12.9. The monoisotopic (exact) mass is 428 g/mol. The molecule has 0 unspecified atom stereocenters. The van der Waals surface area contributed by atoms with Gasteiger partial charge >= 0.3 is 0 Å². The van der Waals surface area contributed by atoms with E-state index in [9.17, 15) is 9.59 Å². The fourth-order valence-corrected chi connectivity index (χ4v) is 3.86. The number of fused-ring (bicyclic) bond motifs is 1. The number of anilines is 1. The highest BCUT2D eigenvalue weighted by Crippen LogP contribution is 2.31. The van der Waals surface area contributed by atoms with Crippen LogP contribution in [-0.2, 0) is 24.3 Å². The molecule has 1 aliphatic heterocycles. The quantitative estimate of drug-likeness (QED) is 0.577. The summed E-state index contributed by atoms with van der Waals surface area (Å²) in [6, 6.07) is 14.7. The Morgan fingerprint density at radius 1 is 1.10 bits per heavy atom. The van der Waals surface area contributed by atoms with Crippen LogP contribution in [0.2, 0.25) is 10.0 Å². The van der Waals surface area contributed by atoms with E-state index in [1.165, 1.54) is 11.2 Å². The molecule has 0 atom stereocenters. The van der Waals surface area contributed by atoms with Gasteiger partial charge in [0.25, 0.3) is 5.91 Å². The maximum atomic E-state index is 13.0. The summed E-state index contributed by atoms with van der Waals surface area (Å²) in [5.41, 5.74) is 3.26. The molecule has 7 heteroatoms. The molecule has 0 radical (unpaired) electrons. The number of hydrogen-bond acceptors (Lipinski definition) is 3. The van der Waals surface area contributed by atoms with Crippen molar-refractivity contribution in [1.82, 2.24) is 4.90 Å². The van der Waals surface area contributed by atoms with E-state index in [1.807, 2.05) is 30.3 Å². The lowest BCUT2D eigenvalue weighted by Gasteiger charge is -2.20. The summed E-state index contributed by atoms with van der Waals surface area (Å²) in [7, 11) is 1.67.